The predicted molar refractivity (Wildman–Crippen MR) is 129 cm³/mol. The van der Waals surface area contributed by atoms with Crippen molar-refractivity contribution in [1.82, 2.24) is 14.7 Å². The Morgan fingerprint density at radius 2 is 1.50 bits per heavy atom. The molecule has 2 aliphatic rings. The van der Waals surface area contributed by atoms with Gasteiger partial charge in [0.1, 0.15) is 6.61 Å². The smallest absolute Gasteiger partial charge is 0.248 e. The van der Waals surface area contributed by atoms with Crippen LogP contribution in [0, 0.1) is 0 Å². The van der Waals surface area contributed by atoms with Crippen molar-refractivity contribution in [3.05, 3.63) is 70.7 Å². The van der Waals surface area contributed by atoms with Crippen molar-refractivity contribution in [2.24, 2.45) is 0 Å². The van der Waals surface area contributed by atoms with Gasteiger partial charge in [0.05, 0.1) is 12.6 Å². The standard InChI is InChI=1S/C26H34ClN3O2/c27-24-11-9-23(10-12-24)26(22-7-3-1-4-8-22)30-17-15-28(16-18-30)19-20-32-21-25(31)29-13-5-2-6-14-29/h1,3-4,7-12,26H,2,5-6,13-21H2. The zero-order valence-electron chi connectivity index (χ0n) is 18.8. The van der Waals surface area contributed by atoms with E-state index in [0.29, 0.717) is 6.61 Å². The molecule has 1 amide bonds. The Hall–Kier alpha value is -1.92. The van der Waals surface area contributed by atoms with E-state index in [2.05, 4.69) is 52.3 Å². The molecule has 2 saturated heterocycles. The highest BCUT2D eigenvalue weighted by molar-refractivity contribution is 6.30. The SMILES string of the molecule is O=C(COCCN1CCN(C(c2ccccc2)c2ccc(Cl)cc2)CC1)N1CCCCC1. The van der Waals surface area contributed by atoms with Crippen LogP contribution in [-0.4, -0.2) is 79.6 Å². The summed E-state index contributed by atoms with van der Waals surface area (Å²) in [5, 5.41) is 0.768. The molecule has 0 radical (unpaired) electrons. The third-order valence-corrected chi connectivity index (χ3v) is 6.81. The molecule has 2 fully saturated rings. The molecule has 2 heterocycles. The molecule has 0 saturated carbocycles. The fraction of sp³-hybridized carbons (Fsp3) is 0.500. The first kappa shape index (κ1) is 23.2. The quantitative estimate of drug-likeness (QED) is 0.562. The van der Waals surface area contributed by atoms with Crippen LogP contribution in [0.5, 0.6) is 0 Å². The van der Waals surface area contributed by atoms with E-state index in [1.54, 1.807) is 0 Å². The van der Waals surface area contributed by atoms with E-state index < -0.39 is 0 Å². The fourth-order valence-electron chi connectivity index (χ4n) is 4.73. The molecule has 2 aromatic rings. The maximum atomic E-state index is 12.2. The number of benzene rings is 2. The maximum Gasteiger partial charge on any atom is 0.248 e. The van der Waals surface area contributed by atoms with E-state index >= 15 is 0 Å². The van der Waals surface area contributed by atoms with Crippen LogP contribution in [0.4, 0.5) is 0 Å². The van der Waals surface area contributed by atoms with Gasteiger partial charge in [0.25, 0.3) is 0 Å². The number of likely N-dealkylation sites (tertiary alicyclic amines) is 1. The Labute approximate surface area is 196 Å². The molecular formula is C26H34ClN3O2. The number of halogens is 1. The minimum absolute atomic E-state index is 0.142. The molecule has 1 atom stereocenters. The van der Waals surface area contributed by atoms with Gasteiger partial charge in [0, 0.05) is 50.8 Å². The largest absolute Gasteiger partial charge is 0.370 e. The molecule has 4 rings (SSSR count). The molecule has 5 nitrogen and oxygen atoms in total. The third-order valence-electron chi connectivity index (χ3n) is 6.56. The van der Waals surface area contributed by atoms with Gasteiger partial charge in [-0.25, -0.2) is 0 Å². The van der Waals surface area contributed by atoms with Crippen LogP contribution >= 0.6 is 11.6 Å². The third kappa shape index (κ3) is 6.32. The first-order valence-electron chi connectivity index (χ1n) is 11.8. The molecule has 0 aromatic heterocycles. The molecule has 0 bridgehead atoms. The predicted octanol–water partition coefficient (Wildman–Crippen LogP) is 4.08. The van der Waals surface area contributed by atoms with E-state index in [1.165, 1.54) is 17.5 Å². The molecule has 2 aromatic carbocycles. The molecule has 172 valence electrons. The maximum absolute atomic E-state index is 12.2. The highest BCUT2D eigenvalue weighted by atomic mass is 35.5. The number of hydrogen-bond donors (Lipinski definition) is 0. The van der Waals surface area contributed by atoms with Crippen LogP contribution < -0.4 is 0 Å². The zero-order valence-corrected chi connectivity index (χ0v) is 19.6. The van der Waals surface area contributed by atoms with Crippen LogP contribution in [0.25, 0.3) is 0 Å². The molecule has 1 unspecified atom stereocenters. The summed E-state index contributed by atoms with van der Waals surface area (Å²) in [5.41, 5.74) is 2.58. The average Bonchev–Trinajstić information content (AvgIpc) is 2.85. The summed E-state index contributed by atoms with van der Waals surface area (Å²) in [6.07, 6.45) is 3.48. The van der Waals surface area contributed by atoms with Gasteiger partial charge < -0.3 is 9.64 Å². The number of rotatable bonds is 8. The van der Waals surface area contributed by atoms with Crippen molar-refractivity contribution >= 4 is 17.5 Å². The van der Waals surface area contributed by atoms with Gasteiger partial charge >= 0.3 is 0 Å². The van der Waals surface area contributed by atoms with Crippen LogP contribution in [0.1, 0.15) is 36.4 Å². The Morgan fingerprint density at radius 3 is 2.19 bits per heavy atom. The summed E-state index contributed by atoms with van der Waals surface area (Å²) < 4.78 is 5.72. The number of piperidine rings is 1. The number of amides is 1. The second-order valence-electron chi connectivity index (χ2n) is 8.74. The topological polar surface area (TPSA) is 36.0 Å². The number of carbonyl (C=O) groups excluding carboxylic acids is 1. The zero-order chi connectivity index (χ0) is 22.2. The van der Waals surface area contributed by atoms with Gasteiger partial charge in [-0.3, -0.25) is 14.6 Å². The first-order chi connectivity index (χ1) is 15.7. The summed E-state index contributed by atoms with van der Waals surface area (Å²) in [6.45, 7) is 7.47. The second kappa shape index (κ2) is 11.8. The Balaban J connectivity index is 1.26. The molecule has 0 N–H and O–H groups in total. The molecule has 6 heteroatoms. The number of nitrogens with zero attached hydrogens (tertiary/aromatic N) is 3. The number of carbonyl (C=O) groups is 1. The number of ether oxygens (including phenoxy) is 1. The average molecular weight is 456 g/mol. The highest BCUT2D eigenvalue weighted by Crippen LogP contribution is 2.30. The number of piperazine rings is 1. The van der Waals surface area contributed by atoms with E-state index in [-0.39, 0.29) is 18.6 Å². The summed E-state index contributed by atoms with van der Waals surface area (Å²) >= 11 is 6.14. The van der Waals surface area contributed by atoms with Gasteiger partial charge in [-0.2, -0.15) is 0 Å². The Kier molecular flexibility index (Phi) is 8.57. The lowest BCUT2D eigenvalue weighted by Gasteiger charge is -2.39. The minimum Gasteiger partial charge on any atom is -0.370 e. The number of hydrogen-bond acceptors (Lipinski definition) is 4. The molecule has 2 aliphatic heterocycles. The van der Waals surface area contributed by atoms with Gasteiger partial charge in [0.2, 0.25) is 5.91 Å². The van der Waals surface area contributed by atoms with E-state index in [0.717, 1.165) is 63.7 Å². The van der Waals surface area contributed by atoms with E-state index in [9.17, 15) is 4.79 Å². The minimum atomic E-state index is 0.142. The summed E-state index contributed by atoms with van der Waals surface area (Å²) in [7, 11) is 0. The van der Waals surface area contributed by atoms with Crippen LogP contribution in [0.3, 0.4) is 0 Å². The van der Waals surface area contributed by atoms with Gasteiger partial charge in [-0.15, -0.1) is 0 Å². The monoisotopic (exact) mass is 455 g/mol. The van der Waals surface area contributed by atoms with Crippen LogP contribution in [-0.2, 0) is 9.53 Å². The lowest BCUT2D eigenvalue weighted by atomic mass is 9.96. The van der Waals surface area contributed by atoms with Gasteiger partial charge in [-0.05, 0) is 42.5 Å². The van der Waals surface area contributed by atoms with Crippen molar-refractivity contribution in [3.63, 3.8) is 0 Å². The summed E-state index contributed by atoms with van der Waals surface area (Å²) in [6, 6.07) is 19.2. The van der Waals surface area contributed by atoms with E-state index in [1.807, 2.05) is 17.0 Å². The van der Waals surface area contributed by atoms with Crippen molar-refractivity contribution in [3.8, 4) is 0 Å². The first-order valence-corrected chi connectivity index (χ1v) is 12.2. The Morgan fingerprint density at radius 1 is 0.844 bits per heavy atom. The molecule has 32 heavy (non-hydrogen) atoms. The second-order valence-corrected chi connectivity index (χ2v) is 9.17. The summed E-state index contributed by atoms with van der Waals surface area (Å²) in [5.74, 6) is 0.142. The van der Waals surface area contributed by atoms with Crippen molar-refractivity contribution < 1.29 is 9.53 Å². The fourth-order valence-corrected chi connectivity index (χ4v) is 4.85. The summed E-state index contributed by atoms with van der Waals surface area (Å²) in [4.78, 5) is 19.2. The van der Waals surface area contributed by atoms with Crippen LogP contribution in [0.15, 0.2) is 54.6 Å². The van der Waals surface area contributed by atoms with E-state index in [4.69, 9.17) is 16.3 Å². The molecule has 0 aliphatic carbocycles. The van der Waals surface area contributed by atoms with Crippen molar-refractivity contribution in [2.45, 2.75) is 25.3 Å². The highest BCUT2D eigenvalue weighted by Gasteiger charge is 2.26. The Bertz CT molecular complexity index is 832. The lowest BCUT2D eigenvalue weighted by Crippen LogP contribution is -2.48. The normalized spacial score (nSPS) is 19.1. The van der Waals surface area contributed by atoms with Crippen molar-refractivity contribution in [2.75, 3.05) is 59.0 Å². The van der Waals surface area contributed by atoms with Crippen molar-refractivity contribution in [1.29, 1.82) is 0 Å². The van der Waals surface area contributed by atoms with Gasteiger partial charge in [-0.1, -0.05) is 54.1 Å². The lowest BCUT2D eigenvalue weighted by molar-refractivity contribution is -0.137. The van der Waals surface area contributed by atoms with Crippen LogP contribution in [0.2, 0.25) is 5.02 Å². The molecular weight excluding hydrogens is 422 g/mol. The molecule has 0 spiro atoms. The van der Waals surface area contributed by atoms with Gasteiger partial charge in [0.15, 0.2) is 0 Å².